The number of hydrogen-bond acceptors (Lipinski definition) is 3. The molecule has 7 heteroatoms. The summed E-state index contributed by atoms with van der Waals surface area (Å²) in [6.07, 6.45) is 0. The standard InChI is InChI=1S/C19H18N6O/c20-17(21)16-6-2-3-11-9-14(7-8-15(11)16)24-18(26)12-4-1-5-13(10-12)25-19(22)23/h1-10H,(H3,20,21)(H,24,26)(H4,22,23,25). The molecular formula is C19H18N6O. The summed E-state index contributed by atoms with van der Waals surface area (Å²) in [5.41, 5.74) is 18.6. The lowest BCUT2D eigenvalue weighted by molar-refractivity contribution is 0.102. The highest BCUT2D eigenvalue weighted by molar-refractivity contribution is 6.09. The molecule has 0 fully saturated rings. The van der Waals surface area contributed by atoms with Crippen LogP contribution in [0.4, 0.5) is 11.4 Å². The van der Waals surface area contributed by atoms with E-state index in [0.717, 1.165) is 10.8 Å². The highest BCUT2D eigenvalue weighted by Gasteiger charge is 2.09. The van der Waals surface area contributed by atoms with Crippen LogP contribution in [-0.2, 0) is 0 Å². The fourth-order valence-corrected chi connectivity index (χ4v) is 2.67. The van der Waals surface area contributed by atoms with Gasteiger partial charge in [-0.3, -0.25) is 10.2 Å². The Morgan fingerprint density at radius 3 is 2.46 bits per heavy atom. The average molecular weight is 346 g/mol. The molecule has 130 valence electrons. The Bertz CT molecular complexity index is 1040. The fourth-order valence-electron chi connectivity index (χ4n) is 2.67. The maximum atomic E-state index is 12.5. The molecule has 0 aromatic heterocycles. The second kappa shape index (κ2) is 6.94. The van der Waals surface area contributed by atoms with E-state index in [-0.39, 0.29) is 17.7 Å². The Kier molecular flexibility index (Phi) is 4.53. The lowest BCUT2D eigenvalue weighted by Crippen LogP contribution is -2.21. The van der Waals surface area contributed by atoms with Gasteiger partial charge in [0.15, 0.2) is 5.96 Å². The van der Waals surface area contributed by atoms with Crippen molar-refractivity contribution >= 4 is 39.8 Å². The van der Waals surface area contributed by atoms with Gasteiger partial charge in [0.25, 0.3) is 5.91 Å². The molecule has 0 saturated heterocycles. The molecule has 0 saturated carbocycles. The topological polar surface area (TPSA) is 143 Å². The van der Waals surface area contributed by atoms with E-state index in [0.29, 0.717) is 22.5 Å². The lowest BCUT2D eigenvalue weighted by atomic mass is 10.0. The van der Waals surface area contributed by atoms with Gasteiger partial charge in [0, 0.05) is 16.8 Å². The zero-order valence-corrected chi connectivity index (χ0v) is 13.9. The minimum absolute atomic E-state index is 0.00364. The van der Waals surface area contributed by atoms with Crippen molar-refractivity contribution in [2.75, 3.05) is 5.32 Å². The van der Waals surface area contributed by atoms with Gasteiger partial charge in [-0.25, -0.2) is 4.99 Å². The van der Waals surface area contributed by atoms with Crippen LogP contribution in [0, 0.1) is 5.41 Å². The van der Waals surface area contributed by atoms with Crippen molar-refractivity contribution in [1.29, 1.82) is 5.41 Å². The summed E-state index contributed by atoms with van der Waals surface area (Å²) in [5.74, 6) is -0.345. The minimum atomic E-state index is -0.278. The highest BCUT2D eigenvalue weighted by atomic mass is 16.1. The normalized spacial score (nSPS) is 10.3. The lowest BCUT2D eigenvalue weighted by Gasteiger charge is -2.09. The van der Waals surface area contributed by atoms with E-state index in [4.69, 9.17) is 22.6 Å². The highest BCUT2D eigenvalue weighted by Crippen LogP contribution is 2.23. The number of benzene rings is 3. The summed E-state index contributed by atoms with van der Waals surface area (Å²) < 4.78 is 0. The van der Waals surface area contributed by atoms with Crippen molar-refractivity contribution in [2.45, 2.75) is 0 Å². The summed E-state index contributed by atoms with van der Waals surface area (Å²) in [7, 11) is 0. The molecule has 0 aliphatic carbocycles. The predicted molar refractivity (Wildman–Crippen MR) is 105 cm³/mol. The van der Waals surface area contributed by atoms with Crippen molar-refractivity contribution < 1.29 is 4.79 Å². The molecule has 0 aliphatic rings. The third-order valence-corrected chi connectivity index (χ3v) is 3.79. The molecule has 0 unspecified atom stereocenters. The van der Waals surface area contributed by atoms with Gasteiger partial charge in [0.05, 0.1) is 5.69 Å². The quantitative estimate of drug-likeness (QED) is 0.364. The number of amides is 1. The van der Waals surface area contributed by atoms with E-state index in [1.165, 1.54) is 0 Å². The van der Waals surface area contributed by atoms with Crippen molar-refractivity contribution in [2.24, 2.45) is 22.2 Å². The maximum Gasteiger partial charge on any atom is 0.255 e. The molecule has 1 amide bonds. The van der Waals surface area contributed by atoms with Crippen molar-refractivity contribution in [3.8, 4) is 0 Å². The molecule has 26 heavy (non-hydrogen) atoms. The first-order chi connectivity index (χ1) is 12.4. The molecule has 3 rings (SSSR count). The van der Waals surface area contributed by atoms with Gasteiger partial charge in [-0.1, -0.05) is 30.3 Å². The number of hydrogen-bond donors (Lipinski definition) is 5. The average Bonchev–Trinajstić information content (AvgIpc) is 2.60. The minimum Gasteiger partial charge on any atom is -0.384 e. The van der Waals surface area contributed by atoms with Crippen LogP contribution in [0.2, 0.25) is 0 Å². The van der Waals surface area contributed by atoms with E-state index in [1.54, 1.807) is 36.4 Å². The van der Waals surface area contributed by atoms with Crippen LogP contribution in [-0.4, -0.2) is 17.7 Å². The molecule has 0 aliphatic heterocycles. The molecule has 0 bridgehead atoms. The molecule has 0 radical (unpaired) electrons. The number of nitrogens with zero attached hydrogens (tertiary/aromatic N) is 1. The van der Waals surface area contributed by atoms with E-state index < -0.39 is 0 Å². The molecule has 3 aromatic carbocycles. The van der Waals surface area contributed by atoms with Crippen LogP contribution in [0.3, 0.4) is 0 Å². The van der Waals surface area contributed by atoms with Gasteiger partial charge in [-0.15, -0.1) is 0 Å². The summed E-state index contributed by atoms with van der Waals surface area (Å²) in [5, 5.41) is 12.2. The number of aliphatic imine (C=N–C) groups is 1. The van der Waals surface area contributed by atoms with Gasteiger partial charge in [-0.2, -0.15) is 0 Å². The summed E-state index contributed by atoms with van der Waals surface area (Å²) in [4.78, 5) is 16.4. The van der Waals surface area contributed by atoms with Crippen molar-refractivity contribution in [3.05, 3.63) is 71.8 Å². The molecule has 7 nitrogen and oxygen atoms in total. The van der Waals surface area contributed by atoms with Crippen LogP contribution in [0.15, 0.2) is 65.7 Å². The van der Waals surface area contributed by atoms with Crippen molar-refractivity contribution in [3.63, 3.8) is 0 Å². The first kappa shape index (κ1) is 17.0. The molecular weight excluding hydrogens is 328 g/mol. The predicted octanol–water partition coefficient (Wildman–Crippen LogP) is 2.28. The Morgan fingerprint density at radius 1 is 0.962 bits per heavy atom. The largest absolute Gasteiger partial charge is 0.384 e. The number of guanidine groups is 1. The number of amidine groups is 1. The molecule has 0 heterocycles. The van der Waals surface area contributed by atoms with Gasteiger partial charge in [0.1, 0.15) is 5.84 Å². The third-order valence-electron chi connectivity index (χ3n) is 3.79. The van der Waals surface area contributed by atoms with Crippen LogP contribution in [0.25, 0.3) is 10.8 Å². The Balaban J connectivity index is 1.88. The van der Waals surface area contributed by atoms with Crippen LogP contribution < -0.4 is 22.5 Å². The SMILES string of the molecule is N=C(N)c1cccc2cc(NC(=O)c3cccc(N=C(N)N)c3)ccc12. The molecule has 8 N–H and O–H groups in total. The number of carbonyl (C=O) groups excluding carboxylic acids is 1. The van der Waals surface area contributed by atoms with Crippen molar-refractivity contribution in [1.82, 2.24) is 0 Å². The van der Waals surface area contributed by atoms with Gasteiger partial charge < -0.3 is 22.5 Å². The number of anilines is 1. The summed E-state index contributed by atoms with van der Waals surface area (Å²) in [6, 6.07) is 17.6. The zero-order chi connectivity index (χ0) is 18.7. The second-order valence-electron chi connectivity index (χ2n) is 5.70. The number of fused-ring (bicyclic) bond motifs is 1. The number of carbonyl (C=O) groups is 1. The second-order valence-corrected chi connectivity index (χ2v) is 5.70. The van der Waals surface area contributed by atoms with E-state index in [1.807, 2.05) is 24.3 Å². The monoisotopic (exact) mass is 346 g/mol. The fraction of sp³-hybridized carbons (Fsp3) is 0. The maximum absolute atomic E-state index is 12.5. The molecule has 0 spiro atoms. The van der Waals surface area contributed by atoms with Gasteiger partial charge >= 0.3 is 0 Å². The van der Waals surface area contributed by atoms with Crippen LogP contribution in [0.1, 0.15) is 15.9 Å². The Hall–Kier alpha value is -3.87. The smallest absolute Gasteiger partial charge is 0.255 e. The Morgan fingerprint density at radius 2 is 1.73 bits per heavy atom. The molecule has 0 atom stereocenters. The summed E-state index contributed by atoms with van der Waals surface area (Å²) in [6.45, 7) is 0. The number of rotatable bonds is 4. The number of nitrogens with two attached hydrogens (primary N) is 3. The molecule has 3 aromatic rings. The Labute approximate surface area is 150 Å². The first-order valence-corrected chi connectivity index (χ1v) is 7.82. The van der Waals surface area contributed by atoms with Crippen LogP contribution >= 0.6 is 0 Å². The third kappa shape index (κ3) is 3.62. The van der Waals surface area contributed by atoms with Crippen LogP contribution in [0.5, 0.6) is 0 Å². The van der Waals surface area contributed by atoms with Gasteiger partial charge in [0.2, 0.25) is 0 Å². The number of nitrogens with one attached hydrogen (secondary N) is 2. The van der Waals surface area contributed by atoms with Gasteiger partial charge in [-0.05, 0) is 41.1 Å². The van der Waals surface area contributed by atoms with E-state index >= 15 is 0 Å². The van der Waals surface area contributed by atoms with E-state index in [9.17, 15) is 4.79 Å². The zero-order valence-electron chi connectivity index (χ0n) is 13.9. The summed E-state index contributed by atoms with van der Waals surface area (Å²) >= 11 is 0. The van der Waals surface area contributed by atoms with E-state index in [2.05, 4.69) is 10.3 Å². The first-order valence-electron chi connectivity index (χ1n) is 7.82. The number of nitrogen functional groups attached to an aromatic ring is 1.